The Labute approximate surface area is 201 Å². The minimum absolute atomic E-state index is 0.0233. The molecule has 2 saturated carbocycles. The van der Waals surface area contributed by atoms with Crippen molar-refractivity contribution in [3.63, 3.8) is 0 Å². The summed E-state index contributed by atoms with van der Waals surface area (Å²) < 4.78 is 29.7. The zero-order valence-electron chi connectivity index (χ0n) is 21.4. The van der Waals surface area contributed by atoms with E-state index in [2.05, 4.69) is 41.5 Å². The van der Waals surface area contributed by atoms with E-state index < -0.39 is 30.6 Å². The molecule has 2 aliphatic carbocycles. The van der Waals surface area contributed by atoms with Crippen molar-refractivity contribution in [2.45, 2.75) is 115 Å². The van der Waals surface area contributed by atoms with E-state index in [4.69, 9.17) is 29.2 Å². The zero-order valence-corrected chi connectivity index (χ0v) is 22.4. The summed E-state index contributed by atoms with van der Waals surface area (Å²) in [7, 11) is 2.22. The molecule has 0 aromatic carbocycles. The second kappa shape index (κ2) is 10.2. The van der Waals surface area contributed by atoms with Gasteiger partial charge in [-0.15, -0.1) is 0 Å². The minimum atomic E-state index is -0.993. The van der Waals surface area contributed by atoms with Crippen molar-refractivity contribution in [3.8, 4) is 0 Å². The summed E-state index contributed by atoms with van der Waals surface area (Å²) in [6.45, 7) is 13.5. The molecule has 9 heteroatoms. The van der Waals surface area contributed by atoms with Gasteiger partial charge in [-0.25, -0.2) is 0 Å². The van der Waals surface area contributed by atoms with Crippen LogP contribution in [0.25, 0.3) is 0 Å². The Morgan fingerprint density at radius 3 is 2.06 bits per heavy atom. The maximum Gasteiger partial charge on any atom is 0.175 e. The van der Waals surface area contributed by atoms with Gasteiger partial charge in [-0.1, -0.05) is 27.7 Å². The van der Waals surface area contributed by atoms with Crippen LogP contribution >= 0.6 is 8.81 Å². The Balaban J connectivity index is 1.49. The maximum absolute atomic E-state index is 10.9. The lowest BCUT2D eigenvalue weighted by molar-refractivity contribution is -0.291. The van der Waals surface area contributed by atoms with Crippen LogP contribution in [0.2, 0.25) is 0 Å². The van der Waals surface area contributed by atoms with Crippen LogP contribution in [0.15, 0.2) is 0 Å². The van der Waals surface area contributed by atoms with Crippen LogP contribution in [-0.4, -0.2) is 84.6 Å². The minimum Gasteiger partial charge on any atom is -0.394 e. The summed E-state index contributed by atoms with van der Waals surface area (Å²) in [6, 6.07) is -0.759. The molecule has 0 amide bonds. The standard InChI is InChI=1S/C24H46NO7P/c1-15(2)33-32-24(6)11-22(4,12-24)13-29-19-16(8-26)31-20(17(25)18(19)27)30-14-21(3)9-23(5,10-21)28-7/h15-20,26-27,33H,8-14,25H2,1-7H3. The van der Waals surface area contributed by atoms with Crippen molar-refractivity contribution < 1.29 is 33.7 Å². The molecule has 0 aromatic rings. The number of rotatable bonds is 11. The van der Waals surface area contributed by atoms with Crippen LogP contribution in [0.4, 0.5) is 0 Å². The first-order chi connectivity index (χ1) is 15.2. The number of aliphatic hydroxyl groups is 2. The molecule has 6 unspecified atom stereocenters. The molecule has 0 aromatic heterocycles. The molecular weight excluding hydrogens is 445 g/mol. The summed E-state index contributed by atoms with van der Waals surface area (Å²) in [4.78, 5) is 0. The molecule has 3 rings (SSSR count). The lowest BCUT2D eigenvalue weighted by Gasteiger charge is -2.54. The van der Waals surface area contributed by atoms with Gasteiger partial charge < -0.3 is 39.4 Å². The number of aliphatic hydroxyl groups excluding tert-OH is 2. The van der Waals surface area contributed by atoms with Gasteiger partial charge in [0.1, 0.15) is 18.3 Å². The first-order valence-electron chi connectivity index (χ1n) is 12.2. The highest BCUT2D eigenvalue weighted by molar-refractivity contribution is 7.33. The Bertz CT molecular complexity index is 649. The van der Waals surface area contributed by atoms with Crippen molar-refractivity contribution in [2.75, 3.05) is 26.9 Å². The van der Waals surface area contributed by atoms with E-state index in [1.807, 2.05) is 0 Å². The van der Waals surface area contributed by atoms with E-state index in [0.29, 0.717) is 27.7 Å². The quantitative estimate of drug-likeness (QED) is 0.378. The maximum atomic E-state index is 10.9. The molecule has 1 saturated heterocycles. The van der Waals surface area contributed by atoms with E-state index in [1.54, 1.807) is 7.11 Å². The van der Waals surface area contributed by atoms with Crippen molar-refractivity contribution in [2.24, 2.45) is 16.6 Å². The van der Waals surface area contributed by atoms with Gasteiger partial charge in [0.15, 0.2) is 6.29 Å². The summed E-state index contributed by atoms with van der Waals surface area (Å²) in [5.41, 5.74) is 6.51. The van der Waals surface area contributed by atoms with Gasteiger partial charge >= 0.3 is 0 Å². The molecule has 6 atom stereocenters. The van der Waals surface area contributed by atoms with E-state index in [9.17, 15) is 10.2 Å². The van der Waals surface area contributed by atoms with Gasteiger partial charge in [-0.3, -0.25) is 0 Å². The normalized spacial score (nSPS) is 48.3. The van der Waals surface area contributed by atoms with E-state index in [1.165, 1.54) is 0 Å². The van der Waals surface area contributed by atoms with Gasteiger partial charge in [-0.05, 0) is 56.0 Å². The molecule has 3 aliphatic rings. The van der Waals surface area contributed by atoms with Crippen molar-refractivity contribution in [1.82, 2.24) is 0 Å². The molecule has 0 spiro atoms. The third-order valence-electron chi connectivity index (χ3n) is 7.36. The lowest BCUT2D eigenvalue weighted by Crippen LogP contribution is -2.64. The number of hydrogen-bond donors (Lipinski definition) is 3. The number of ether oxygens (including phenoxy) is 4. The van der Waals surface area contributed by atoms with Gasteiger partial charge in [-0.2, -0.15) is 0 Å². The van der Waals surface area contributed by atoms with Crippen LogP contribution < -0.4 is 5.73 Å². The predicted molar refractivity (Wildman–Crippen MR) is 128 cm³/mol. The number of nitrogens with two attached hydrogens (primary N) is 1. The van der Waals surface area contributed by atoms with E-state index in [0.717, 1.165) is 25.7 Å². The average molecular weight is 492 g/mol. The SMILES string of the molecule is COC1(C)CC(C)(COC2OC(CO)C(OCC3(C)CC(C)(OPC(C)C)C3)C(O)C2N)C1. The molecule has 1 heterocycles. The van der Waals surface area contributed by atoms with Gasteiger partial charge in [0.25, 0.3) is 0 Å². The highest BCUT2D eigenvalue weighted by Crippen LogP contribution is 2.53. The van der Waals surface area contributed by atoms with Gasteiger partial charge in [0.2, 0.25) is 0 Å². The highest BCUT2D eigenvalue weighted by Gasteiger charge is 2.53. The average Bonchev–Trinajstić information content (AvgIpc) is 2.70. The number of methoxy groups -OCH3 is 1. The Hall–Kier alpha value is 0.110. The molecule has 8 nitrogen and oxygen atoms in total. The van der Waals surface area contributed by atoms with Crippen LogP contribution in [0.5, 0.6) is 0 Å². The van der Waals surface area contributed by atoms with E-state index >= 15 is 0 Å². The smallest absolute Gasteiger partial charge is 0.175 e. The molecular formula is C24H46NO7P. The molecule has 4 N–H and O–H groups in total. The van der Waals surface area contributed by atoms with E-state index in [-0.39, 0.29) is 28.6 Å². The molecule has 1 aliphatic heterocycles. The summed E-state index contributed by atoms with van der Waals surface area (Å²) in [5.74, 6) is 0. The van der Waals surface area contributed by atoms with Gasteiger partial charge in [0.05, 0.1) is 37.1 Å². The second-order valence-corrected chi connectivity index (χ2v) is 13.8. The molecule has 0 bridgehead atoms. The highest BCUT2D eigenvalue weighted by atomic mass is 31.1. The molecule has 3 fully saturated rings. The van der Waals surface area contributed by atoms with Crippen LogP contribution in [0, 0.1) is 10.8 Å². The summed E-state index contributed by atoms with van der Waals surface area (Å²) in [5, 5.41) is 20.8. The topological polar surface area (TPSA) is 113 Å². The summed E-state index contributed by atoms with van der Waals surface area (Å²) >= 11 is 0. The Kier molecular flexibility index (Phi) is 8.59. The second-order valence-electron chi connectivity index (χ2n) is 12.2. The fourth-order valence-corrected chi connectivity index (χ4v) is 6.88. The molecule has 0 radical (unpaired) electrons. The monoisotopic (exact) mass is 491 g/mol. The Morgan fingerprint density at radius 1 is 1.00 bits per heavy atom. The summed E-state index contributed by atoms with van der Waals surface area (Å²) in [6.07, 6.45) is 0.363. The largest absolute Gasteiger partial charge is 0.394 e. The third-order valence-corrected chi connectivity index (χ3v) is 8.44. The van der Waals surface area contributed by atoms with Crippen molar-refractivity contribution in [1.29, 1.82) is 0 Å². The first kappa shape index (κ1) is 27.7. The van der Waals surface area contributed by atoms with Crippen molar-refractivity contribution in [3.05, 3.63) is 0 Å². The fourth-order valence-electron chi connectivity index (χ4n) is 6.21. The molecule has 194 valence electrons. The van der Waals surface area contributed by atoms with Crippen LogP contribution in [0.3, 0.4) is 0 Å². The van der Waals surface area contributed by atoms with Crippen molar-refractivity contribution >= 4 is 8.81 Å². The first-order valence-corrected chi connectivity index (χ1v) is 13.2. The van der Waals surface area contributed by atoms with Gasteiger partial charge in [0, 0.05) is 15.9 Å². The van der Waals surface area contributed by atoms with Crippen LogP contribution in [-0.2, 0) is 23.5 Å². The van der Waals surface area contributed by atoms with Crippen LogP contribution in [0.1, 0.15) is 67.2 Å². The Morgan fingerprint density at radius 2 is 1.55 bits per heavy atom. The lowest BCUT2D eigenvalue weighted by atomic mass is 9.61. The predicted octanol–water partition coefficient (Wildman–Crippen LogP) is 2.58. The number of hydrogen-bond acceptors (Lipinski definition) is 8. The fraction of sp³-hybridized carbons (Fsp3) is 1.00. The molecule has 33 heavy (non-hydrogen) atoms. The third kappa shape index (κ3) is 6.46. The zero-order chi connectivity index (χ0) is 24.7.